The van der Waals surface area contributed by atoms with Gasteiger partial charge in [0.2, 0.25) is 0 Å². The van der Waals surface area contributed by atoms with Crippen molar-refractivity contribution in [3.05, 3.63) is 233 Å². The zero-order valence-electron chi connectivity index (χ0n) is 35.0. The van der Waals surface area contributed by atoms with Crippen molar-refractivity contribution in [3.8, 4) is 17.2 Å². The third kappa shape index (κ3) is 11.2. The molecule has 13 heteroatoms. The summed E-state index contributed by atoms with van der Waals surface area (Å²) >= 11 is 0. The maximum atomic E-state index is 14.4. The number of carbonyl (C=O) groups is 1. The second kappa shape index (κ2) is 20.1. The number of benzene rings is 6. The van der Waals surface area contributed by atoms with Gasteiger partial charge in [0.1, 0.15) is 54.2 Å². The van der Waals surface area contributed by atoms with Crippen LogP contribution in [0.15, 0.2) is 182 Å². The van der Waals surface area contributed by atoms with Crippen LogP contribution >= 0.6 is 0 Å². The minimum Gasteiger partial charge on any atom is -0.487 e. The molecule has 0 N–H and O–H groups in total. The van der Waals surface area contributed by atoms with Gasteiger partial charge in [-0.1, -0.05) is 131 Å². The summed E-state index contributed by atoms with van der Waals surface area (Å²) in [6.45, 7) is 2.68. The van der Waals surface area contributed by atoms with Crippen molar-refractivity contribution < 1.29 is 19.0 Å². The summed E-state index contributed by atoms with van der Waals surface area (Å²) in [7, 11) is 0. The van der Waals surface area contributed by atoms with Crippen LogP contribution in [0, 0.1) is 0 Å². The smallest absolute Gasteiger partial charge is 0.170 e. The van der Waals surface area contributed by atoms with Gasteiger partial charge >= 0.3 is 0 Å². The standard InChI is InChI=1S/C51H45N9O4/c61-51(43-20-26-49(27-21-43)64-37-46-34-60(57-54-46)31-41-14-8-3-9-15-41)50(42-18-24-48(25-19-42)63-36-45-33-59(56-53-45)30-40-12-6-2-7-13-40)28-38-16-22-47(23-17-38)62-35-44-32-58(55-52-44)29-39-10-4-1-5-11-39/h1-27,32-34,50H,28-31,35-37H2. The molecule has 9 aromatic rings. The molecule has 0 saturated carbocycles. The number of aromatic nitrogens is 9. The van der Waals surface area contributed by atoms with Crippen molar-refractivity contribution in [3.63, 3.8) is 0 Å². The Labute approximate surface area is 370 Å². The molecule has 6 aromatic carbocycles. The summed E-state index contributed by atoms with van der Waals surface area (Å²) < 4.78 is 23.6. The molecule has 13 nitrogen and oxygen atoms in total. The van der Waals surface area contributed by atoms with Gasteiger partial charge in [-0.05, 0) is 82.8 Å². The molecule has 3 aromatic heterocycles. The first-order chi connectivity index (χ1) is 31.5. The highest BCUT2D eigenvalue weighted by molar-refractivity contribution is 6.01. The molecular weight excluding hydrogens is 803 g/mol. The molecule has 0 aliphatic carbocycles. The number of carbonyl (C=O) groups excluding carboxylic acids is 1. The average Bonchev–Trinajstić information content (AvgIpc) is 4.12. The molecule has 0 aliphatic rings. The lowest BCUT2D eigenvalue weighted by Gasteiger charge is -2.18. The van der Waals surface area contributed by atoms with E-state index < -0.39 is 5.92 Å². The number of nitrogens with zero attached hydrogens (tertiary/aromatic N) is 9. The second-order valence-corrected chi connectivity index (χ2v) is 15.4. The molecule has 0 saturated heterocycles. The Kier molecular flexibility index (Phi) is 12.9. The summed E-state index contributed by atoms with van der Waals surface area (Å²) in [6.07, 6.45) is 6.12. The maximum absolute atomic E-state index is 14.4. The highest BCUT2D eigenvalue weighted by atomic mass is 16.5. The number of hydrogen-bond donors (Lipinski definition) is 0. The highest BCUT2D eigenvalue weighted by Gasteiger charge is 2.23. The Balaban J connectivity index is 0.850. The van der Waals surface area contributed by atoms with Crippen LogP contribution in [0.4, 0.5) is 0 Å². The Morgan fingerprint density at radius 1 is 0.422 bits per heavy atom. The summed E-state index contributed by atoms with van der Waals surface area (Å²) in [5.41, 5.74) is 8.01. The van der Waals surface area contributed by atoms with Gasteiger partial charge in [0, 0.05) is 5.56 Å². The molecular formula is C51H45N9O4. The van der Waals surface area contributed by atoms with Crippen LogP contribution in [0.2, 0.25) is 0 Å². The molecule has 0 spiro atoms. The van der Waals surface area contributed by atoms with Crippen LogP contribution in [-0.2, 0) is 45.9 Å². The number of rotatable bonds is 20. The molecule has 9 rings (SSSR count). The summed E-state index contributed by atoms with van der Waals surface area (Å²) in [5.74, 6) is 1.49. The third-order valence-corrected chi connectivity index (χ3v) is 10.6. The van der Waals surface area contributed by atoms with E-state index in [1.165, 1.54) is 0 Å². The average molecular weight is 848 g/mol. The molecule has 0 aliphatic heterocycles. The molecule has 0 bridgehead atoms. The Morgan fingerprint density at radius 2 is 0.781 bits per heavy atom. The quantitative estimate of drug-likeness (QED) is 0.0687. The Morgan fingerprint density at radius 3 is 1.17 bits per heavy atom. The van der Waals surface area contributed by atoms with E-state index in [2.05, 4.69) is 67.3 Å². The van der Waals surface area contributed by atoms with Gasteiger partial charge in [0.15, 0.2) is 5.78 Å². The molecule has 1 unspecified atom stereocenters. The van der Waals surface area contributed by atoms with E-state index in [-0.39, 0.29) is 25.6 Å². The van der Waals surface area contributed by atoms with E-state index in [9.17, 15) is 4.79 Å². The normalized spacial score (nSPS) is 11.6. The van der Waals surface area contributed by atoms with Crippen molar-refractivity contribution in [1.82, 2.24) is 45.0 Å². The van der Waals surface area contributed by atoms with Crippen LogP contribution in [0.1, 0.15) is 61.2 Å². The molecule has 1 atom stereocenters. The number of ketones is 1. The van der Waals surface area contributed by atoms with Crippen LogP contribution < -0.4 is 14.2 Å². The fourth-order valence-corrected chi connectivity index (χ4v) is 7.26. The predicted molar refractivity (Wildman–Crippen MR) is 240 cm³/mol. The Bertz CT molecular complexity index is 2850. The third-order valence-electron chi connectivity index (χ3n) is 10.6. The van der Waals surface area contributed by atoms with E-state index in [1.54, 1.807) is 14.0 Å². The highest BCUT2D eigenvalue weighted by Crippen LogP contribution is 2.29. The minimum absolute atomic E-state index is 0.0157. The van der Waals surface area contributed by atoms with E-state index in [0.717, 1.165) is 39.2 Å². The molecule has 64 heavy (non-hydrogen) atoms. The molecule has 0 fully saturated rings. The molecule has 0 radical (unpaired) electrons. The summed E-state index contributed by atoms with van der Waals surface area (Å²) in [6, 6.07) is 53.1. The number of ether oxygens (including phenoxy) is 3. The monoisotopic (exact) mass is 847 g/mol. The number of Topliss-reactive ketones (excluding diaryl/α,β-unsaturated/α-hetero) is 1. The lowest BCUT2D eigenvalue weighted by atomic mass is 9.85. The summed E-state index contributed by atoms with van der Waals surface area (Å²) in [4.78, 5) is 14.4. The van der Waals surface area contributed by atoms with Gasteiger partial charge in [-0.2, -0.15) is 0 Å². The van der Waals surface area contributed by atoms with Crippen molar-refractivity contribution in [1.29, 1.82) is 0 Å². The van der Waals surface area contributed by atoms with E-state index in [1.807, 2.05) is 146 Å². The molecule has 3 heterocycles. The van der Waals surface area contributed by atoms with Gasteiger partial charge < -0.3 is 14.2 Å². The SMILES string of the molecule is O=C(c1ccc(OCc2cn(Cc3ccccc3)nn2)cc1)C(Cc1ccc(OCc2cn(Cc3ccccc3)nn2)cc1)c1ccc(OCc2cn(Cc3ccccc3)nn2)cc1. The van der Waals surface area contributed by atoms with Crippen LogP contribution in [0.3, 0.4) is 0 Å². The zero-order valence-corrected chi connectivity index (χ0v) is 35.0. The van der Waals surface area contributed by atoms with Gasteiger partial charge in [-0.3, -0.25) is 4.79 Å². The van der Waals surface area contributed by atoms with Crippen LogP contribution in [0.5, 0.6) is 17.2 Å². The first-order valence-corrected chi connectivity index (χ1v) is 21.0. The predicted octanol–water partition coefficient (Wildman–Crippen LogP) is 8.55. The van der Waals surface area contributed by atoms with Crippen LogP contribution in [0.25, 0.3) is 0 Å². The van der Waals surface area contributed by atoms with E-state index in [4.69, 9.17) is 14.2 Å². The fraction of sp³-hybridized carbons (Fsp3) is 0.157. The summed E-state index contributed by atoms with van der Waals surface area (Å²) in [5, 5.41) is 25.6. The first kappa shape index (κ1) is 41.2. The van der Waals surface area contributed by atoms with Gasteiger partial charge in [-0.25, -0.2) is 14.0 Å². The topological polar surface area (TPSA) is 137 Å². The van der Waals surface area contributed by atoms with Gasteiger partial charge in [-0.15, -0.1) is 15.3 Å². The lowest BCUT2D eigenvalue weighted by molar-refractivity contribution is 0.0958. The lowest BCUT2D eigenvalue weighted by Crippen LogP contribution is -2.16. The fourth-order valence-electron chi connectivity index (χ4n) is 7.26. The largest absolute Gasteiger partial charge is 0.487 e. The molecule has 318 valence electrons. The minimum atomic E-state index is -0.482. The van der Waals surface area contributed by atoms with E-state index in [0.29, 0.717) is 54.6 Å². The van der Waals surface area contributed by atoms with Crippen molar-refractivity contribution >= 4 is 5.78 Å². The first-order valence-electron chi connectivity index (χ1n) is 21.0. The second-order valence-electron chi connectivity index (χ2n) is 15.4. The number of hydrogen-bond acceptors (Lipinski definition) is 10. The van der Waals surface area contributed by atoms with Crippen LogP contribution in [-0.4, -0.2) is 50.8 Å². The Hall–Kier alpha value is -8.19. The molecule has 0 amide bonds. The maximum Gasteiger partial charge on any atom is 0.170 e. The van der Waals surface area contributed by atoms with Crippen molar-refractivity contribution in [2.24, 2.45) is 0 Å². The van der Waals surface area contributed by atoms with Gasteiger partial charge in [0.25, 0.3) is 0 Å². The van der Waals surface area contributed by atoms with Crippen molar-refractivity contribution in [2.45, 2.75) is 51.8 Å². The zero-order chi connectivity index (χ0) is 43.3. The van der Waals surface area contributed by atoms with E-state index >= 15 is 0 Å². The van der Waals surface area contributed by atoms with Gasteiger partial charge in [0.05, 0.1) is 44.1 Å². The van der Waals surface area contributed by atoms with Crippen molar-refractivity contribution in [2.75, 3.05) is 0 Å².